The number of allylic oxidation sites excluding steroid dienone is 1. The largest absolute Gasteiger partial charge is 0.407 e. The maximum Gasteiger partial charge on any atom is 0.261 e. The lowest BCUT2D eigenvalue weighted by Gasteiger charge is -2.43. The summed E-state index contributed by atoms with van der Waals surface area (Å²) in [6.07, 6.45) is 3.21. The SMILES string of the molecule is C/C(=C/CCO[Si](c1ccccc1)(c1ccccc1)C(C)(C)C)c1ccccc1. The molecule has 3 aromatic rings. The lowest BCUT2D eigenvalue weighted by molar-refractivity contribution is 0.304. The van der Waals surface area contributed by atoms with E-state index in [1.54, 1.807) is 0 Å². The maximum atomic E-state index is 6.95. The van der Waals surface area contributed by atoms with Gasteiger partial charge in [-0.15, -0.1) is 0 Å². The highest BCUT2D eigenvalue weighted by atomic mass is 28.4. The third-order valence-electron chi connectivity index (χ3n) is 5.53. The van der Waals surface area contributed by atoms with E-state index >= 15 is 0 Å². The fraction of sp³-hybridized carbons (Fsp3) is 0.259. The van der Waals surface area contributed by atoms with Gasteiger partial charge in [0.25, 0.3) is 8.32 Å². The molecule has 0 heterocycles. The zero-order valence-corrected chi connectivity index (χ0v) is 19.1. The summed E-state index contributed by atoms with van der Waals surface area (Å²) in [5.41, 5.74) is 2.58. The van der Waals surface area contributed by atoms with Gasteiger partial charge in [-0.25, -0.2) is 0 Å². The zero-order chi connectivity index (χ0) is 20.7. The molecule has 0 amide bonds. The minimum absolute atomic E-state index is 0.0217. The van der Waals surface area contributed by atoms with Gasteiger partial charge in [0.2, 0.25) is 0 Å². The first-order valence-corrected chi connectivity index (χ1v) is 12.3. The summed E-state index contributed by atoms with van der Waals surface area (Å²) in [7, 11) is -2.43. The van der Waals surface area contributed by atoms with Gasteiger partial charge in [0.1, 0.15) is 0 Å². The van der Waals surface area contributed by atoms with E-state index in [1.807, 2.05) is 0 Å². The van der Waals surface area contributed by atoms with Crippen LogP contribution in [0.25, 0.3) is 5.57 Å². The van der Waals surface area contributed by atoms with Crippen molar-refractivity contribution >= 4 is 24.3 Å². The lowest BCUT2D eigenvalue weighted by atomic mass is 10.1. The quantitative estimate of drug-likeness (QED) is 0.346. The Kier molecular flexibility index (Phi) is 6.89. The van der Waals surface area contributed by atoms with Crippen molar-refractivity contribution in [3.8, 4) is 0 Å². The van der Waals surface area contributed by atoms with Gasteiger partial charge in [-0.1, -0.05) is 118 Å². The Morgan fingerprint density at radius 1 is 0.759 bits per heavy atom. The summed E-state index contributed by atoms with van der Waals surface area (Å²) in [6.45, 7) is 9.87. The molecule has 0 aromatic heterocycles. The molecule has 150 valence electrons. The second-order valence-electron chi connectivity index (χ2n) is 8.55. The predicted molar refractivity (Wildman–Crippen MR) is 128 cm³/mol. The van der Waals surface area contributed by atoms with Crippen LogP contribution in [0.4, 0.5) is 0 Å². The molecular formula is C27H32OSi. The second-order valence-corrected chi connectivity index (χ2v) is 12.9. The molecule has 1 nitrogen and oxygen atoms in total. The molecule has 0 fully saturated rings. The first kappa shape index (κ1) is 21.3. The normalized spacial score (nSPS) is 12.8. The summed E-state index contributed by atoms with van der Waals surface area (Å²) in [5.74, 6) is 0. The van der Waals surface area contributed by atoms with Crippen LogP contribution in [0.1, 0.15) is 39.7 Å². The molecule has 2 heteroatoms. The van der Waals surface area contributed by atoms with Crippen LogP contribution in [0.15, 0.2) is 97.1 Å². The van der Waals surface area contributed by atoms with E-state index in [2.05, 4.69) is 125 Å². The van der Waals surface area contributed by atoms with Gasteiger partial charge >= 0.3 is 0 Å². The molecule has 29 heavy (non-hydrogen) atoms. The van der Waals surface area contributed by atoms with Crippen molar-refractivity contribution in [1.29, 1.82) is 0 Å². The van der Waals surface area contributed by atoms with Crippen molar-refractivity contribution in [3.05, 3.63) is 103 Å². The van der Waals surface area contributed by atoms with Gasteiger partial charge < -0.3 is 4.43 Å². The fourth-order valence-corrected chi connectivity index (χ4v) is 8.65. The first-order valence-electron chi connectivity index (χ1n) is 10.4. The van der Waals surface area contributed by atoms with Gasteiger partial charge in [0, 0.05) is 6.61 Å². The van der Waals surface area contributed by atoms with Crippen LogP contribution in [-0.4, -0.2) is 14.9 Å². The van der Waals surface area contributed by atoms with Crippen LogP contribution in [-0.2, 0) is 4.43 Å². The van der Waals surface area contributed by atoms with Crippen molar-refractivity contribution in [2.24, 2.45) is 0 Å². The first-order chi connectivity index (χ1) is 13.9. The lowest BCUT2D eigenvalue weighted by Crippen LogP contribution is -2.66. The van der Waals surface area contributed by atoms with E-state index < -0.39 is 8.32 Å². The van der Waals surface area contributed by atoms with Crippen LogP contribution in [0.5, 0.6) is 0 Å². The summed E-state index contributed by atoms with van der Waals surface area (Å²) >= 11 is 0. The monoisotopic (exact) mass is 400 g/mol. The zero-order valence-electron chi connectivity index (χ0n) is 18.1. The molecule has 3 rings (SSSR count). The Balaban J connectivity index is 1.90. The number of hydrogen-bond donors (Lipinski definition) is 0. The molecule has 0 saturated carbocycles. The van der Waals surface area contributed by atoms with Crippen molar-refractivity contribution < 1.29 is 4.43 Å². The molecule has 0 aliphatic rings. The fourth-order valence-electron chi connectivity index (χ4n) is 4.07. The van der Waals surface area contributed by atoms with E-state index in [4.69, 9.17) is 4.43 Å². The Bertz CT molecular complexity index is 870. The topological polar surface area (TPSA) is 9.23 Å². The van der Waals surface area contributed by atoms with Crippen LogP contribution in [0, 0.1) is 0 Å². The number of benzene rings is 3. The standard InChI is InChI=1S/C27H32OSi/c1-23(24-16-8-5-9-17-24)15-14-22-28-29(27(2,3)4,25-18-10-6-11-19-25)26-20-12-7-13-21-26/h5-13,15-21H,14,22H2,1-4H3/b23-15-. The Morgan fingerprint density at radius 2 is 1.21 bits per heavy atom. The predicted octanol–water partition coefficient (Wildman–Crippen LogP) is 6.06. The molecule has 0 spiro atoms. The van der Waals surface area contributed by atoms with E-state index in [9.17, 15) is 0 Å². The van der Waals surface area contributed by atoms with E-state index in [-0.39, 0.29) is 5.04 Å². The highest BCUT2D eigenvalue weighted by Crippen LogP contribution is 2.36. The molecule has 0 bridgehead atoms. The highest BCUT2D eigenvalue weighted by molar-refractivity contribution is 6.99. The van der Waals surface area contributed by atoms with Gasteiger partial charge in [0.15, 0.2) is 0 Å². The Labute approximate surface area is 177 Å². The number of rotatable bonds is 7. The molecule has 0 N–H and O–H groups in total. The van der Waals surface area contributed by atoms with Gasteiger partial charge in [-0.3, -0.25) is 0 Å². The molecule has 0 saturated heterocycles. The molecule has 0 aliphatic heterocycles. The van der Waals surface area contributed by atoms with Crippen molar-refractivity contribution in [1.82, 2.24) is 0 Å². The molecular weight excluding hydrogens is 368 g/mol. The average Bonchev–Trinajstić information content (AvgIpc) is 2.74. The highest BCUT2D eigenvalue weighted by Gasteiger charge is 2.49. The Hall–Kier alpha value is -2.42. The maximum absolute atomic E-state index is 6.95. The van der Waals surface area contributed by atoms with Crippen LogP contribution >= 0.6 is 0 Å². The number of hydrogen-bond acceptors (Lipinski definition) is 1. The summed E-state index contributed by atoms with van der Waals surface area (Å²) in [6, 6.07) is 32.2. The smallest absolute Gasteiger partial charge is 0.261 e. The molecule has 0 aliphatic carbocycles. The van der Waals surface area contributed by atoms with Gasteiger partial charge in [-0.05, 0) is 39.9 Å². The van der Waals surface area contributed by atoms with Crippen LogP contribution in [0.2, 0.25) is 5.04 Å². The minimum atomic E-state index is -2.43. The second kappa shape index (κ2) is 9.38. The average molecular weight is 401 g/mol. The van der Waals surface area contributed by atoms with E-state index in [0.29, 0.717) is 0 Å². The van der Waals surface area contributed by atoms with E-state index in [1.165, 1.54) is 21.5 Å². The third-order valence-corrected chi connectivity index (χ3v) is 10.6. The minimum Gasteiger partial charge on any atom is -0.407 e. The molecule has 3 aromatic carbocycles. The third kappa shape index (κ3) is 4.77. The van der Waals surface area contributed by atoms with E-state index in [0.717, 1.165) is 13.0 Å². The van der Waals surface area contributed by atoms with Crippen molar-refractivity contribution in [2.45, 2.75) is 39.2 Å². The van der Waals surface area contributed by atoms with Crippen LogP contribution in [0.3, 0.4) is 0 Å². The van der Waals surface area contributed by atoms with Gasteiger partial charge in [0.05, 0.1) is 0 Å². The molecule has 0 unspecified atom stereocenters. The van der Waals surface area contributed by atoms with Crippen molar-refractivity contribution in [3.63, 3.8) is 0 Å². The summed E-state index contributed by atoms with van der Waals surface area (Å²) < 4.78 is 6.95. The Morgan fingerprint density at radius 3 is 1.66 bits per heavy atom. The molecule has 0 radical (unpaired) electrons. The molecule has 0 atom stereocenters. The van der Waals surface area contributed by atoms with Gasteiger partial charge in [-0.2, -0.15) is 0 Å². The summed E-state index contributed by atoms with van der Waals surface area (Å²) in [4.78, 5) is 0. The van der Waals surface area contributed by atoms with Crippen LogP contribution < -0.4 is 10.4 Å². The van der Waals surface area contributed by atoms with Crippen molar-refractivity contribution in [2.75, 3.05) is 6.61 Å². The summed E-state index contributed by atoms with van der Waals surface area (Å²) in [5, 5.41) is 2.69.